The van der Waals surface area contributed by atoms with Gasteiger partial charge in [-0.1, -0.05) is 0 Å². The van der Waals surface area contributed by atoms with Crippen molar-refractivity contribution < 1.29 is 9.59 Å². The number of amides is 1. The van der Waals surface area contributed by atoms with E-state index < -0.39 is 0 Å². The van der Waals surface area contributed by atoms with Gasteiger partial charge in [-0.2, -0.15) is 0 Å². The van der Waals surface area contributed by atoms with Gasteiger partial charge in [0.05, 0.1) is 16.1 Å². The Labute approximate surface area is 166 Å². The summed E-state index contributed by atoms with van der Waals surface area (Å²) >= 11 is 1.29. The van der Waals surface area contributed by atoms with Gasteiger partial charge >= 0.3 is 0 Å². The SMILES string of the molecule is CC(=O)c1cc(C(=O)NC2CCN(c3nccc(-c4cccnc4)n3)C2)cs1. The standard InChI is InChI=1S/C20H19N5O2S/c1-13(26)18-9-15(12-28-18)19(27)23-16-5-8-25(11-16)20-22-7-4-17(24-20)14-3-2-6-21-10-14/h2-4,6-7,9-10,12,16H,5,8,11H2,1H3,(H,23,27). The molecule has 1 amide bonds. The number of thiophene rings is 1. The van der Waals surface area contributed by atoms with Crippen LogP contribution in [0.5, 0.6) is 0 Å². The molecule has 7 nitrogen and oxygen atoms in total. The molecule has 4 heterocycles. The molecule has 3 aromatic rings. The Morgan fingerprint density at radius 1 is 1.29 bits per heavy atom. The van der Waals surface area contributed by atoms with E-state index in [9.17, 15) is 9.59 Å². The Bertz CT molecular complexity index is 1000. The normalized spacial score (nSPS) is 16.2. The molecular weight excluding hydrogens is 374 g/mol. The Kier molecular flexibility index (Phi) is 5.12. The fraction of sp³-hybridized carbons (Fsp3) is 0.250. The van der Waals surface area contributed by atoms with E-state index in [4.69, 9.17) is 0 Å². The first-order valence-electron chi connectivity index (χ1n) is 8.99. The summed E-state index contributed by atoms with van der Waals surface area (Å²) in [5, 5.41) is 4.76. The van der Waals surface area contributed by atoms with Crippen LogP contribution in [0.25, 0.3) is 11.3 Å². The number of hydrogen-bond donors (Lipinski definition) is 1. The van der Waals surface area contributed by atoms with Gasteiger partial charge in [-0.05, 0) is 37.6 Å². The van der Waals surface area contributed by atoms with Crippen LogP contribution in [0.4, 0.5) is 5.95 Å². The van der Waals surface area contributed by atoms with Gasteiger partial charge in [-0.3, -0.25) is 14.6 Å². The number of Topliss-reactive ketones (excluding diaryl/α,β-unsaturated/α-hetero) is 1. The van der Waals surface area contributed by atoms with Crippen LogP contribution >= 0.6 is 11.3 Å². The lowest BCUT2D eigenvalue weighted by Gasteiger charge is -2.17. The lowest BCUT2D eigenvalue weighted by molar-refractivity contribution is 0.0940. The first-order chi connectivity index (χ1) is 13.6. The molecule has 1 N–H and O–H groups in total. The summed E-state index contributed by atoms with van der Waals surface area (Å²) in [6.07, 6.45) is 6.06. The third kappa shape index (κ3) is 3.91. The highest BCUT2D eigenvalue weighted by atomic mass is 32.1. The second-order valence-electron chi connectivity index (χ2n) is 6.64. The van der Waals surface area contributed by atoms with Gasteiger partial charge in [0.1, 0.15) is 0 Å². The van der Waals surface area contributed by atoms with E-state index in [1.165, 1.54) is 18.3 Å². The van der Waals surface area contributed by atoms with Gasteiger partial charge in [0.15, 0.2) is 5.78 Å². The molecule has 1 unspecified atom stereocenters. The molecule has 1 aliphatic heterocycles. The number of nitrogens with one attached hydrogen (secondary N) is 1. The number of carbonyl (C=O) groups excluding carboxylic acids is 2. The Morgan fingerprint density at radius 2 is 2.18 bits per heavy atom. The predicted octanol–water partition coefficient (Wildman–Crippen LogP) is 2.81. The molecule has 1 aliphatic rings. The molecule has 0 aliphatic carbocycles. The van der Waals surface area contributed by atoms with E-state index in [1.54, 1.807) is 30.0 Å². The summed E-state index contributed by atoms with van der Waals surface area (Å²) in [4.78, 5) is 39.7. The van der Waals surface area contributed by atoms with Crippen molar-refractivity contribution in [1.29, 1.82) is 0 Å². The largest absolute Gasteiger partial charge is 0.347 e. The summed E-state index contributed by atoms with van der Waals surface area (Å²) in [5.74, 6) is 0.467. The Balaban J connectivity index is 1.41. The second-order valence-corrected chi connectivity index (χ2v) is 7.56. The zero-order valence-electron chi connectivity index (χ0n) is 15.3. The zero-order valence-corrected chi connectivity index (χ0v) is 16.1. The number of aromatic nitrogens is 3. The maximum atomic E-state index is 12.4. The molecule has 0 aromatic carbocycles. The monoisotopic (exact) mass is 393 g/mol. The van der Waals surface area contributed by atoms with Crippen molar-refractivity contribution in [2.75, 3.05) is 18.0 Å². The van der Waals surface area contributed by atoms with Gasteiger partial charge < -0.3 is 10.2 Å². The molecule has 1 atom stereocenters. The lowest BCUT2D eigenvalue weighted by Crippen LogP contribution is -2.37. The van der Waals surface area contributed by atoms with Crippen LogP contribution in [-0.2, 0) is 0 Å². The maximum absolute atomic E-state index is 12.4. The Morgan fingerprint density at radius 3 is 2.93 bits per heavy atom. The van der Waals surface area contributed by atoms with Crippen molar-refractivity contribution in [3.63, 3.8) is 0 Å². The fourth-order valence-corrected chi connectivity index (χ4v) is 3.93. The number of carbonyl (C=O) groups is 2. The van der Waals surface area contributed by atoms with E-state index in [2.05, 4.69) is 25.2 Å². The van der Waals surface area contributed by atoms with E-state index in [1.807, 2.05) is 18.2 Å². The number of anilines is 1. The van der Waals surface area contributed by atoms with Gasteiger partial charge in [0.25, 0.3) is 5.91 Å². The first-order valence-corrected chi connectivity index (χ1v) is 9.87. The van der Waals surface area contributed by atoms with Crippen LogP contribution < -0.4 is 10.2 Å². The molecule has 0 saturated carbocycles. The third-order valence-electron chi connectivity index (χ3n) is 4.62. The molecule has 4 rings (SSSR count). The van der Waals surface area contributed by atoms with Crippen molar-refractivity contribution >= 4 is 29.0 Å². The second kappa shape index (κ2) is 7.85. The molecule has 1 saturated heterocycles. The van der Waals surface area contributed by atoms with E-state index >= 15 is 0 Å². The average molecular weight is 393 g/mol. The van der Waals surface area contributed by atoms with Crippen LogP contribution in [0.1, 0.15) is 33.4 Å². The van der Waals surface area contributed by atoms with Crippen LogP contribution in [0.2, 0.25) is 0 Å². The van der Waals surface area contributed by atoms with Crippen molar-refractivity contribution in [2.45, 2.75) is 19.4 Å². The molecular formula is C20H19N5O2S. The van der Waals surface area contributed by atoms with Crippen LogP contribution in [0.15, 0.2) is 48.2 Å². The van der Waals surface area contributed by atoms with Gasteiger partial charge in [-0.25, -0.2) is 9.97 Å². The molecule has 142 valence electrons. The van der Waals surface area contributed by atoms with Crippen LogP contribution in [-0.4, -0.2) is 45.8 Å². The molecule has 28 heavy (non-hydrogen) atoms. The number of ketones is 1. The molecule has 1 fully saturated rings. The molecule has 3 aromatic heterocycles. The minimum Gasteiger partial charge on any atom is -0.347 e. The first kappa shape index (κ1) is 18.2. The topological polar surface area (TPSA) is 88.1 Å². The minimum absolute atomic E-state index is 0.0128. The summed E-state index contributed by atoms with van der Waals surface area (Å²) in [5.41, 5.74) is 2.29. The third-order valence-corrected chi connectivity index (χ3v) is 5.65. The van der Waals surface area contributed by atoms with Crippen LogP contribution in [0.3, 0.4) is 0 Å². The van der Waals surface area contributed by atoms with Gasteiger partial charge in [0, 0.05) is 48.7 Å². The van der Waals surface area contributed by atoms with E-state index in [-0.39, 0.29) is 17.7 Å². The van der Waals surface area contributed by atoms with Gasteiger partial charge in [-0.15, -0.1) is 11.3 Å². The highest BCUT2D eigenvalue weighted by Gasteiger charge is 2.26. The summed E-state index contributed by atoms with van der Waals surface area (Å²) in [6.45, 7) is 2.91. The highest BCUT2D eigenvalue weighted by Crippen LogP contribution is 2.21. The minimum atomic E-state index is -0.152. The summed E-state index contributed by atoms with van der Waals surface area (Å²) in [6, 6.07) is 7.36. The van der Waals surface area contributed by atoms with Crippen molar-refractivity contribution in [2.24, 2.45) is 0 Å². The quantitative estimate of drug-likeness (QED) is 0.671. The van der Waals surface area contributed by atoms with Crippen molar-refractivity contribution in [3.8, 4) is 11.3 Å². The van der Waals surface area contributed by atoms with Crippen molar-refractivity contribution in [3.05, 3.63) is 58.7 Å². The number of pyridine rings is 1. The summed E-state index contributed by atoms with van der Waals surface area (Å²) in [7, 11) is 0. The van der Waals surface area contributed by atoms with E-state index in [0.29, 0.717) is 22.9 Å². The predicted molar refractivity (Wildman–Crippen MR) is 108 cm³/mol. The number of nitrogens with zero attached hydrogens (tertiary/aromatic N) is 4. The van der Waals surface area contributed by atoms with E-state index in [0.717, 1.165) is 24.2 Å². The highest BCUT2D eigenvalue weighted by molar-refractivity contribution is 7.12. The summed E-state index contributed by atoms with van der Waals surface area (Å²) < 4.78 is 0. The smallest absolute Gasteiger partial charge is 0.252 e. The molecule has 0 bridgehead atoms. The average Bonchev–Trinajstić information content (AvgIpc) is 3.39. The fourth-order valence-electron chi connectivity index (χ4n) is 3.14. The Hall–Kier alpha value is -3.13. The zero-order chi connectivity index (χ0) is 19.5. The molecule has 0 spiro atoms. The van der Waals surface area contributed by atoms with Gasteiger partial charge in [0.2, 0.25) is 5.95 Å². The molecule has 0 radical (unpaired) electrons. The lowest BCUT2D eigenvalue weighted by atomic mass is 10.2. The maximum Gasteiger partial charge on any atom is 0.252 e. The number of rotatable bonds is 5. The number of hydrogen-bond acceptors (Lipinski definition) is 7. The molecule has 8 heteroatoms. The van der Waals surface area contributed by atoms with Crippen LogP contribution in [0, 0.1) is 0 Å². The van der Waals surface area contributed by atoms with Crippen molar-refractivity contribution in [1.82, 2.24) is 20.3 Å².